The first-order valence-electron chi connectivity index (χ1n) is 10.2. The Bertz CT molecular complexity index is 1320. The summed E-state index contributed by atoms with van der Waals surface area (Å²) in [6.07, 6.45) is -0.599. The lowest BCUT2D eigenvalue weighted by molar-refractivity contribution is 0.0825. The van der Waals surface area contributed by atoms with Crippen molar-refractivity contribution in [3.63, 3.8) is 0 Å². The third kappa shape index (κ3) is 4.76. The van der Waals surface area contributed by atoms with Gasteiger partial charge in [0.25, 0.3) is 5.91 Å². The molecule has 0 bridgehead atoms. The first-order valence-corrected chi connectivity index (χ1v) is 11.7. The molecular formula is C21H22F2N3O7P. The van der Waals surface area contributed by atoms with Crippen molar-refractivity contribution in [2.24, 2.45) is 0 Å². The van der Waals surface area contributed by atoms with E-state index in [2.05, 4.69) is 9.51 Å². The van der Waals surface area contributed by atoms with E-state index in [0.717, 1.165) is 12.1 Å². The second-order valence-corrected chi connectivity index (χ2v) is 9.16. The van der Waals surface area contributed by atoms with Gasteiger partial charge in [-0.25, -0.2) is 18.3 Å². The minimum atomic E-state index is -4.78. The number of nitrogens with zero attached hydrogens (tertiary/aromatic N) is 3. The number of amides is 1. The van der Waals surface area contributed by atoms with E-state index in [9.17, 15) is 18.1 Å². The van der Waals surface area contributed by atoms with Crippen molar-refractivity contribution in [1.29, 1.82) is 0 Å². The number of fused-ring (bicyclic) bond motifs is 2. The highest BCUT2D eigenvalue weighted by Gasteiger charge is 2.30. The van der Waals surface area contributed by atoms with Crippen molar-refractivity contribution in [1.82, 2.24) is 14.5 Å². The summed E-state index contributed by atoms with van der Waals surface area (Å²) in [4.78, 5) is 36.7. The molecule has 0 radical (unpaired) electrons. The maximum atomic E-state index is 14.6. The summed E-state index contributed by atoms with van der Waals surface area (Å²) in [5, 5.41) is 0. The number of carbonyl (C=O) groups is 1. The molecule has 1 amide bonds. The minimum absolute atomic E-state index is 0.0299. The van der Waals surface area contributed by atoms with E-state index in [4.69, 9.17) is 19.3 Å². The summed E-state index contributed by atoms with van der Waals surface area (Å²) in [7, 11) is -1.66. The molecule has 2 heterocycles. The van der Waals surface area contributed by atoms with Crippen molar-refractivity contribution in [2.75, 3.05) is 20.7 Å². The van der Waals surface area contributed by atoms with Crippen molar-refractivity contribution in [3.8, 4) is 11.5 Å². The van der Waals surface area contributed by atoms with Gasteiger partial charge in [0.15, 0.2) is 0 Å². The predicted octanol–water partition coefficient (Wildman–Crippen LogP) is 3.29. The van der Waals surface area contributed by atoms with Crippen molar-refractivity contribution >= 4 is 24.8 Å². The maximum Gasteiger partial charge on any atom is 0.471 e. The van der Waals surface area contributed by atoms with Gasteiger partial charge in [-0.15, -0.1) is 0 Å². The average Bonchev–Trinajstić information content (AvgIpc) is 3.06. The second-order valence-electron chi connectivity index (χ2n) is 7.92. The maximum absolute atomic E-state index is 14.6. The van der Waals surface area contributed by atoms with Crippen LogP contribution in [0.5, 0.6) is 11.5 Å². The van der Waals surface area contributed by atoms with Gasteiger partial charge in [-0.1, -0.05) is 0 Å². The van der Waals surface area contributed by atoms with Crippen LogP contribution in [-0.2, 0) is 15.8 Å². The Morgan fingerprint density at radius 3 is 2.71 bits per heavy atom. The summed E-state index contributed by atoms with van der Waals surface area (Å²) in [5.41, 5.74) is 0.848. The number of hydrogen-bond donors (Lipinski definition) is 2. The zero-order valence-electron chi connectivity index (χ0n) is 18.5. The normalized spacial score (nSPS) is 15.7. The van der Waals surface area contributed by atoms with Crippen LogP contribution in [0, 0.1) is 18.6 Å². The van der Waals surface area contributed by atoms with Crippen LogP contribution >= 0.6 is 7.82 Å². The summed E-state index contributed by atoms with van der Waals surface area (Å²) >= 11 is 0. The third-order valence-electron chi connectivity index (χ3n) is 5.30. The molecule has 10 nitrogen and oxygen atoms in total. The van der Waals surface area contributed by atoms with Gasteiger partial charge in [0.05, 0.1) is 17.7 Å². The molecule has 0 spiro atoms. The lowest BCUT2D eigenvalue weighted by atomic mass is 10.0. The van der Waals surface area contributed by atoms with E-state index in [-0.39, 0.29) is 47.1 Å². The van der Waals surface area contributed by atoms with Gasteiger partial charge in [0, 0.05) is 38.2 Å². The van der Waals surface area contributed by atoms with Crippen molar-refractivity contribution in [2.45, 2.75) is 26.2 Å². The molecule has 0 fully saturated rings. The molecular weight excluding hydrogens is 475 g/mol. The van der Waals surface area contributed by atoms with Gasteiger partial charge >= 0.3 is 7.82 Å². The number of ether oxygens (including phenoxy) is 2. The molecule has 13 heteroatoms. The van der Waals surface area contributed by atoms with Crippen LogP contribution in [0.1, 0.15) is 34.3 Å². The number of rotatable bonds is 6. The summed E-state index contributed by atoms with van der Waals surface area (Å²) < 4.78 is 57.0. The Morgan fingerprint density at radius 2 is 2.03 bits per heavy atom. The van der Waals surface area contributed by atoms with E-state index in [1.165, 1.54) is 21.6 Å². The number of hydrogen-bond acceptors (Lipinski definition) is 6. The number of benzene rings is 2. The standard InChI is InChI=1S/C21H22F2N3O7P/c1-11-24-20-15(26(11)10-32-34(28,29)30)6-12(21(27)25(2)3)7-18(20)33-16-4-5-31-17-9-13(22)8-14(23)19(16)17/h6-9,16H,4-5,10H2,1-3H3,(H2,28,29,30)/t16-/m0/s1. The zero-order valence-corrected chi connectivity index (χ0v) is 19.4. The van der Waals surface area contributed by atoms with E-state index >= 15 is 0 Å². The Morgan fingerprint density at radius 1 is 1.29 bits per heavy atom. The first kappa shape index (κ1) is 24.1. The fraction of sp³-hybridized carbons (Fsp3) is 0.333. The Kier molecular flexibility index (Phi) is 6.34. The van der Waals surface area contributed by atoms with E-state index in [1.54, 1.807) is 21.0 Å². The number of halogens is 2. The van der Waals surface area contributed by atoms with Gasteiger partial charge < -0.3 is 28.7 Å². The average molecular weight is 497 g/mol. The Hall–Kier alpha value is -3.05. The molecule has 0 unspecified atom stereocenters. The SMILES string of the molecule is Cc1nc2c(O[C@H]3CCOc4cc(F)cc(F)c43)cc(C(=O)N(C)C)cc2n1COP(=O)(O)O. The monoisotopic (exact) mass is 497 g/mol. The molecule has 1 aromatic heterocycles. The Labute approximate surface area is 192 Å². The van der Waals surface area contributed by atoms with Crippen LogP contribution in [0.15, 0.2) is 24.3 Å². The van der Waals surface area contributed by atoms with Gasteiger partial charge in [0.1, 0.15) is 47.3 Å². The van der Waals surface area contributed by atoms with Crippen molar-refractivity contribution in [3.05, 3.63) is 52.9 Å². The van der Waals surface area contributed by atoms with Gasteiger partial charge in [-0.05, 0) is 19.1 Å². The zero-order chi connectivity index (χ0) is 24.8. The summed E-state index contributed by atoms with van der Waals surface area (Å²) in [6.45, 7) is 1.22. The summed E-state index contributed by atoms with van der Waals surface area (Å²) in [6, 6.07) is 4.78. The lowest BCUT2D eigenvalue weighted by Crippen LogP contribution is -2.23. The molecule has 1 aliphatic heterocycles. The Balaban J connectivity index is 1.83. The van der Waals surface area contributed by atoms with Crippen molar-refractivity contribution < 1.29 is 41.9 Å². The fourth-order valence-electron chi connectivity index (χ4n) is 3.76. The molecule has 0 aliphatic carbocycles. The second kappa shape index (κ2) is 8.95. The number of aromatic nitrogens is 2. The fourth-order valence-corrected chi connectivity index (χ4v) is 4.03. The van der Waals surface area contributed by atoms with E-state index in [1.807, 2.05) is 0 Å². The molecule has 0 saturated heterocycles. The molecule has 3 aromatic rings. The topological polar surface area (TPSA) is 123 Å². The number of phosphoric acid groups is 1. The quantitative estimate of drug-likeness (QED) is 0.498. The van der Waals surface area contributed by atoms with E-state index in [0.29, 0.717) is 11.3 Å². The summed E-state index contributed by atoms with van der Waals surface area (Å²) in [5.74, 6) is -1.47. The van der Waals surface area contributed by atoms with Gasteiger partial charge in [-0.2, -0.15) is 0 Å². The van der Waals surface area contributed by atoms with Crippen LogP contribution < -0.4 is 9.47 Å². The van der Waals surface area contributed by atoms with Crippen LogP contribution in [0.25, 0.3) is 11.0 Å². The van der Waals surface area contributed by atoms with Crippen LogP contribution in [-0.4, -0.2) is 50.8 Å². The van der Waals surface area contributed by atoms with Crippen LogP contribution in [0.4, 0.5) is 8.78 Å². The smallest absolute Gasteiger partial charge is 0.471 e. The molecule has 182 valence electrons. The molecule has 2 N–H and O–H groups in total. The van der Waals surface area contributed by atoms with Gasteiger partial charge in [-0.3, -0.25) is 9.32 Å². The number of imidazole rings is 1. The minimum Gasteiger partial charge on any atom is -0.493 e. The molecule has 4 rings (SSSR count). The molecule has 1 atom stereocenters. The number of phosphoric ester groups is 1. The molecule has 34 heavy (non-hydrogen) atoms. The largest absolute Gasteiger partial charge is 0.493 e. The highest BCUT2D eigenvalue weighted by molar-refractivity contribution is 7.46. The molecule has 0 saturated carbocycles. The third-order valence-corrected chi connectivity index (χ3v) is 5.75. The van der Waals surface area contributed by atoms with E-state index < -0.39 is 32.3 Å². The van der Waals surface area contributed by atoms with Crippen LogP contribution in [0.3, 0.4) is 0 Å². The molecule has 1 aliphatic rings. The highest BCUT2D eigenvalue weighted by Crippen LogP contribution is 2.41. The predicted molar refractivity (Wildman–Crippen MR) is 115 cm³/mol. The van der Waals surface area contributed by atoms with Crippen LogP contribution in [0.2, 0.25) is 0 Å². The highest BCUT2D eigenvalue weighted by atomic mass is 31.2. The number of aryl methyl sites for hydroxylation is 1. The molecule has 2 aromatic carbocycles. The number of carbonyl (C=O) groups excluding carboxylic acids is 1. The lowest BCUT2D eigenvalue weighted by Gasteiger charge is -2.27. The first-order chi connectivity index (χ1) is 15.9. The van der Waals surface area contributed by atoms with Gasteiger partial charge in [0.2, 0.25) is 0 Å².